The number of carbonyl (C=O) groups is 2. The van der Waals surface area contributed by atoms with Crippen molar-refractivity contribution >= 4 is 22.9 Å². The number of amides is 2. The molecule has 0 saturated carbocycles. The lowest BCUT2D eigenvalue weighted by atomic mass is 10.2. The first-order valence-corrected chi connectivity index (χ1v) is 5.06. The maximum absolute atomic E-state index is 11.3. The average molecular weight is 202 g/mol. The van der Waals surface area contributed by atoms with Crippen molar-refractivity contribution in [2.45, 2.75) is 12.1 Å². The van der Waals surface area contributed by atoms with Crippen molar-refractivity contribution in [1.82, 2.24) is 10.2 Å². The van der Waals surface area contributed by atoms with Crippen LogP contribution < -0.4 is 5.32 Å². The molecule has 2 atom stereocenters. The van der Waals surface area contributed by atoms with Crippen LogP contribution in [-0.2, 0) is 4.79 Å². The molecule has 2 fully saturated rings. The summed E-state index contributed by atoms with van der Waals surface area (Å²) in [5.41, 5.74) is 0. The Labute approximate surface area is 79.5 Å². The second kappa shape index (κ2) is 3.28. The molecule has 2 heterocycles. The van der Waals surface area contributed by atoms with Gasteiger partial charge in [-0.1, -0.05) is 11.8 Å². The van der Waals surface area contributed by atoms with Gasteiger partial charge >= 0.3 is 0 Å². The molecule has 2 aliphatic heterocycles. The molecule has 0 radical (unpaired) electrons. The van der Waals surface area contributed by atoms with Gasteiger partial charge in [-0.05, 0) is 0 Å². The zero-order valence-corrected chi connectivity index (χ0v) is 7.71. The largest absolute Gasteiger partial charge is 0.390 e. The van der Waals surface area contributed by atoms with Crippen molar-refractivity contribution in [2.75, 3.05) is 18.8 Å². The Kier molecular flexibility index (Phi) is 2.27. The molecular formula is C7H10N2O3S. The van der Waals surface area contributed by atoms with Crippen LogP contribution in [0.3, 0.4) is 0 Å². The third-order valence-corrected chi connectivity index (χ3v) is 3.10. The number of thioether (sulfide) groups is 1. The molecular weight excluding hydrogens is 192 g/mol. The van der Waals surface area contributed by atoms with E-state index in [1.54, 1.807) is 0 Å². The number of rotatable bonds is 1. The minimum absolute atomic E-state index is 0.192. The van der Waals surface area contributed by atoms with E-state index in [-0.39, 0.29) is 22.9 Å². The van der Waals surface area contributed by atoms with E-state index in [4.69, 9.17) is 0 Å². The smallest absolute Gasteiger partial charge is 0.289 e. The van der Waals surface area contributed by atoms with Crippen molar-refractivity contribution in [3.8, 4) is 0 Å². The fourth-order valence-electron chi connectivity index (χ4n) is 1.60. The van der Waals surface area contributed by atoms with Crippen LogP contribution in [0.4, 0.5) is 4.79 Å². The van der Waals surface area contributed by atoms with Gasteiger partial charge in [-0.25, -0.2) is 0 Å². The molecule has 0 spiro atoms. The fourth-order valence-corrected chi connectivity index (χ4v) is 2.36. The molecule has 6 heteroatoms. The Morgan fingerprint density at radius 3 is 2.69 bits per heavy atom. The van der Waals surface area contributed by atoms with Crippen LogP contribution in [-0.4, -0.2) is 52.1 Å². The number of β-amino-alcohol motifs (C(OH)–C–C–N with tert-alkyl or cyclic N) is 1. The molecule has 72 valence electrons. The number of imide groups is 1. The van der Waals surface area contributed by atoms with E-state index in [2.05, 4.69) is 5.32 Å². The second-order valence-corrected chi connectivity index (χ2v) is 4.04. The lowest BCUT2D eigenvalue weighted by Crippen LogP contribution is -2.45. The lowest BCUT2D eigenvalue weighted by Gasteiger charge is -2.22. The van der Waals surface area contributed by atoms with Crippen molar-refractivity contribution in [2.24, 2.45) is 0 Å². The summed E-state index contributed by atoms with van der Waals surface area (Å²) in [6, 6.07) is -0.366. The molecule has 13 heavy (non-hydrogen) atoms. The summed E-state index contributed by atoms with van der Waals surface area (Å²) in [5, 5.41) is 12.2. The van der Waals surface area contributed by atoms with Crippen LogP contribution in [0, 0.1) is 0 Å². The van der Waals surface area contributed by atoms with Crippen LogP contribution in [0.5, 0.6) is 0 Å². The predicted molar refractivity (Wildman–Crippen MR) is 47.4 cm³/mol. The van der Waals surface area contributed by atoms with Crippen molar-refractivity contribution in [1.29, 1.82) is 0 Å². The van der Waals surface area contributed by atoms with Crippen LogP contribution in [0.2, 0.25) is 0 Å². The molecule has 0 bridgehead atoms. The quantitative estimate of drug-likeness (QED) is 0.571. The molecule has 2 saturated heterocycles. The van der Waals surface area contributed by atoms with E-state index >= 15 is 0 Å². The summed E-state index contributed by atoms with van der Waals surface area (Å²) in [7, 11) is 0. The van der Waals surface area contributed by atoms with E-state index in [0.717, 1.165) is 11.8 Å². The highest BCUT2D eigenvalue weighted by Gasteiger charge is 2.41. The van der Waals surface area contributed by atoms with E-state index in [9.17, 15) is 14.7 Å². The van der Waals surface area contributed by atoms with Gasteiger partial charge < -0.3 is 10.4 Å². The highest BCUT2D eigenvalue weighted by atomic mass is 32.2. The molecule has 0 aromatic heterocycles. The van der Waals surface area contributed by atoms with E-state index in [1.165, 1.54) is 4.90 Å². The lowest BCUT2D eigenvalue weighted by molar-refractivity contribution is -0.127. The molecule has 0 aromatic rings. The molecule has 2 unspecified atom stereocenters. The Morgan fingerprint density at radius 2 is 2.23 bits per heavy atom. The van der Waals surface area contributed by atoms with E-state index < -0.39 is 6.10 Å². The number of carbonyl (C=O) groups excluding carboxylic acids is 2. The summed E-state index contributed by atoms with van der Waals surface area (Å²) >= 11 is 1.00. The van der Waals surface area contributed by atoms with Crippen LogP contribution in [0.15, 0.2) is 0 Å². The Morgan fingerprint density at radius 1 is 1.46 bits per heavy atom. The molecule has 0 aliphatic carbocycles. The van der Waals surface area contributed by atoms with E-state index in [1.807, 2.05) is 0 Å². The van der Waals surface area contributed by atoms with Gasteiger partial charge in [0, 0.05) is 13.1 Å². The first-order valence-electron chi connectivity index (χ1n) is 4.08. The molecule has 2 aliphatic rings. The maximum atomic E-state index is 11.3. The topological polar surface area (TPSA) is 69.6 Å². The van der Waals surface area contributed by atoms with Crippen molar-refractivity contribution in [3.05, 3.63) is 0 Å². The van der Waals surface area contributed by atoms with Crippen LogP contribution >= 0.6 is 11.8 Å². The average Bonchev–Trinajstić information content (AvgIpc) is 2.60. The first kappa shape index (κ1) is 8.98. The third-order valence-electron chi connectivity index (χ3n) is 2.27. The normalized spacial score (nSPS) is 34.7. The minimum atomic E-state index is -0.619. The first-order chi connectivity index (χ1) is 6.20. The zero-order valence-electron chi connectivity index (χ0n) is 6.90. The number of nitrogens with one attached hydrogen (secondary N) is 1. The van der Waals surface area contributed by atoms with Crippen LogP contribution in [0.1, 0.15) is 0 Å². The van der Waals surface area contributed by atoms with Gasteiger partial charge in [0.15, 0.2) is 0 Å². The SMILES string of the molecule is O=C1CSC(=O)N1C1CNCC1O. The number of hydrogen-bond donors (Lipinski definition) is 2. The van der Waals surface area contributed by atoms with Gasteiger partial charge in [0.05, 0.1) is 17.9 Å². The summed E-state index contributed by atoms with van der Waals surface area (Å²) in [6.45, 7) is 0.950. The van der Waals surface area contributed by atoms with Crippen LogP contribution in [0.25, 0.3) is 0 Å². The Hall–Kier alpha value is -0.590. The van der Waals surface area contributed by atoms with Gasteiger partial charge in [-0.2, -0.15) is 0 Å². The number of nitrogens with zero attached hydrogens (tertiary/aromatic N) is 1. The standard InChI is InChI=1S/C7H10N2O3S/c10-5-2-8-1-4(5)9-6(11)3-13-7(9)12/h4-5,8,10H,1-3H2. The maximum Gasteiger partial charge on any atom is 0.289 e. The summed E-state index contributed by atoms with van der Waals surface area (Å²) in [5.74, 6) is 0.0185. The van der Waals surface area contributed by atoms with Gasteiger partial charge in [0.2, 0.25) is 5.91 Å². The predicted octanol–water partition coefficient (Wildman–Crippen LogP) is -0.986. The summed E-state index contributed by atoms with van der Waals surface area (Å²) in [6.07, 6.45) is -0.619. The van der Waals surface area contributed by atoms with Gasteiger partial charge in [-0.15, -0.1) is 0 Å². The molecule has 2 amide bonds. The number of aliphatic hydroxyl groups excluding tert-OH is 1. The second-order valence-electron chi connectivity index (χ2n) is 3.11. The monoisotopic (exact) mass is 202 g/mol. The molecule has 0 aromatic carbocycles. The Bertz CT molecular complexity index is 242. The molecule has 2 N–H and O–H groups in total. The molecule has 2 rings (SSSR count). The fraction of sp³-hybridized carbons (Fsp3) is 0.714. The zero-order chi connectivity index (χ0) is 9.42. The number of hydrogen-bond acceptors (Lipinski definition) is 5. The third kappa shape index (κ3) is 1.45. The minimum Gasteiger partial charge on any atom is -0.390 e. The summed E-state index contributed by atoms with van der Waals surface area (Å²) in [4.78, 5) is 23.7. The number of aliphatic hydroxyl groups is 1. The van der Waals surface area contributed by atoms with Gasteiger partial charge in [-0.3, -0.25) is 14.5 Å². The van der Waals surface area contributed by atoms with Gasteiger partial charge in [0.1, 0.15) is 0 Å². The summed E-state index contributed by atoms with van der Waals surface area (Å²) < 4.78 is 0. The molecule has 5 nitrogen and oxygen atoms in total. The van der Waals surface area contributed by atoms with Crippen molar-refractivity contribution in [3.63, 3.8) is 0 Å². The Balaban J connectivity index is 2.14. The van der Waals surface area contributed by atoms with E-state index in [0.29, 0.717) is 13.1 Å². The highest BCUT2D eigenvalue weighted by molar-refractivity contribution is 8.14. The highest BCUT2D eigenvalue weighted by Crippen LogP contribution is 2.23. The van der Waals surface area contributed by atoms with Gasteiger partial charge in [0.25, 0.3) is 5.24 Å². The van der Waals surface area contributed by atoms with Crippen molar-refractivity contribution < 1.29 is 14.7 Å².